The van der Waals surface area contributed by atoms with E-state index in [0.717, 1.165) is 38.2 Å². The molecule has 0 unspecified atom stereocenters. The van der Waals surface area contributed by atoms with Gasteiger partial charge >= 0.3 is 0 Å². The molecular formula is C11H23N5. The van der Waals surface area contributed by atoms with Gasteiger partial charge in [-0.25, -0.2) is 10.8 Å². The smallest absolute Gasteiger partial charge is 0.208 e. The maximum Gasteiger partial charge on any atom is 0.208 e. The normalized spacial score (nSPS) is 24.0. The number of hydrazine groups is 1. The molecule has 2 fully saturated rings. The molecule has 2 rings (SSSR count). The zero-order valence-corrected chi connectivity index (χ0v) is 10.3. The Bertz CT molecular complexity index is 251. The SMILES string of the molecule is CC(C)N=C(NN)N1CCN(C2CC2)CC1. The summed E-state index contributed by atoms with van der Waals surface area (Å²) in [5.41, 5.74) is 2.72. The summed E-state index contributed by atoms with van der Waals surface area (Å²) in [7, 11) is 0. The van der Waals surface area contributed by atoms with E-state index in [1.165, 1.54) is 12.8 Å². The average molecular weight is 225 g/mol. The molecule has 0 amide bonds. The molecule has 0 atom stereocenters. The number of rotatable bonds is 2. The van der Waals surface area contributed by atoms with Crippen LogP contribution in [0.1, 0.15) is 26.7 Å². The molecule has 0 bridgehead atoms. The van der Waals surface area contributed by atoms with E-state index in [0.29, 0.717) is 0 Å². The number of guanidine groups is 1. The third kappa shape index (κ3) is 2.86. The van der Waals surface area contributed by atoms with Crippen LogP contribution in [0.4, 0.5) is 0 Å². The quantitative estimate of drug-likeness (QED) is 0.300. The first-order valence-corrected chi connectivity index (χ1v) is 6.24. The van der Waals surface area contributed by atoms with Gasteiger partial charge < -0.3 is 4.90 Å². The summed E-state index contributed by atoms with van der Waals surface area (Å²) in [6, 6.07) is 1.16. The molecule has 1 aliphatic heterocycles. The van der Waals surface area contributed by atoms with E-state index in [9.17, 15) is 0 Å². The standard InChI is InChI=1S/C11H23N5/c1-9(2)13-11(14-12)16-7-5-15(6-8-16)10-3-4-10/h9-10H,3-8,12H2,1-2H3,(H,13,14). The predicted octanol–water partition coefficient (Wildman–Crippen LogP) is -0.00590. The van der Waals surface area contributed by atoms with Gasteiger partial charge in [0.2, 0.25) is 5.96 Å². The fraction of sp³-hybridized carbons (Fsp3) is 0.909. The highest BCUT2D eigenvalue weighted by atomic mass is 15.4. The number of piperazine rings is 1. The molecule has 1 saturated heterocycles. The van der Waals surface area contributed by atoms with Crippen LogP contribution in [0.2, 0.25) is 0 Å². The van der Waals surface area contributed by atoms with Gasteiger partial charge in [-0.2, -0.15) is 0 Å². The van der Waals surface area contributed by atoms with Gasteiger partial charge in [0.05, 0.1) is 0 Å². The molecule has 1 aliphatic carbocycles. The first-order chi connectivity index (χ1) is 7.70. The maximum atomic E-state index is 5.52. The molecule has 0 aromatic carbocycles. The molecule has 0 aromatic heterocycles. The molecule has 0 spiro atoms. The maximum absolute atomic E-state index is 5.52. The number of hydrogen-bond acceptors (Lipinski definition) is 3. The molecule has 5 heteroatoms. The second-order valence-corrected chi connectivity index (χ2v) is 4.94. The number of aliphatic imine (C=N–C) groups is 1. The van der Waals surface area contributed by atoms with Crippen LogP contribution >= 0.6 is 0 Å². The van der Waals surface area contributed by atoms with Gasteiger partial charge in [-0.05, 0) is 26.7 Å². The minimum Gasteiger partial charge on any atom is -0.339 e. The van der Waals surface area contributed by atoms with Crippen molar-refractivity contribution in [3.8, 4) is 0 Å². The lowest BCUT2D eigenvalue weighted by Crippen LogP contribution is -2.54. The zero-order valence-electron chi connectivity index (χ0n) is 10.3. The average Bonchev–Trinajstić information content (AvgIpc) is 3.10. The predicted molar refractivity (Wildman–Crippen MR) is 66.1 cm³/mol. The first kappa shape index (κ1) is 11.7. The summed E-state index contributed by atoms with van der Waals surface area (Å²) >= 11 is 0. The molecule has 0 radical (unpaired) electrons. The zero-order chi connectivity index (χ0) is 11.5. The molecule has 16 heavy (non-hydrogen) atoms. The van der Waals surface area contributed by atoms with E-state index < -0.39 is 0 Å². The fourth-order valence-corrected chi connectivity index (χ4v) is 2.19. The van der Waals surface area contributed by atoms with Crippen molar-refractivity contribution in [3.05, 3.63) is 0 Å². The van der Waals surface area contributed by atoms with Gasteiger partial charge in [0.1, 0.15) is 0 Å². The number of nitrogens with zero attached hydrogens (tertiary/aromatic N) is 3. The van der Waals surface area contributed by atoms with Crippen molar-refractivity contribution >= 4 is 5.96 Å². The Labute approximate surface area is 97.7 Å². The molecule has 2 aliphatic rings. The van der Waals surface area contributed by atoms with Crippen LogP contribution in [0.25, 0.3) is 0 Å². The van der Waals surface area contributed by atoms with Crippen LogP contribution in [0.5, 0.6) is 0 Å². The van der Waals surface area contributed by atoms with Crippen molar-refractivity contribution in [3.63, 3.8) is 0 Å². The molecular weight excluding hydrogens is 202 g/mol. The van der Waals surface area contributed by atoms with Crippen molar-refractivity contribution < 1.29 is 0 Å². The van der Waals surface area contributed by atoms with E-state index >= 15 is 0 Å². The molecule has 3 N–H and O–H groups in total. The summed E-state index contributed by atoms with van der Waals surface area (Å²) in [4.78, 5) is 9.32. The summed E-state index contributed by atoms with van der Waals surface area (Å²) in [5.74, 6) is 6.36. The number of nitrogens with two attached hydrogens (primary N) is 1. The van der Waals surface area contributed by atoms with E-state index in [1.54, 1.807) is 0 Å². The van der Waals surface area contributed by atoms with Crippen LogP contribution in [-0.2, 0) is 0 Å². The van der Waals surface area contributed by atoms with Crippen LogP contribution in [0.3, 0.4) is 0 Å². The van der Waals surface area contributed by atoms with E-state index in [2.05, 4.69) is 34.1 Å². The molecule has 5 nitrogen and oxygen atoms in total. The van der Waals surface area contributed by atoms with E-state index in [-0.39, 0.29) is 6.04 Å². The lowest BCUT2D eigenvalue weighted by Gasteiger charge is -2.36. The van der Waals surface area contributed by atoms with Crippen LogP contribution in [0.15, 0.2) is 4.99 Å². The van der Waals surface area contributed by atoms with Crippen molar-refractivity contribution in [1.82, 2.24) is 15.2 Å². The van der Waals surface area contributed by atoms with Gasteiger partial charge in [0.15, 0.2) is 0 Å². The van der Waals surface area contributed by atoms with Crippen LogP contribution in [-0.4, -0.2) is 54.0 Å². The lowest BCUT2D eigenvalue weighted by molar-refractivity contribution is 0.171. The van der Waals surface area contributed by atoms with Crippen molar-refractivity contribution in [2.75, 3.05) is 26.2 Å². The van der Waals surface area contributed by atoms with Crippen molar-refractivity contribution in [2.24, 2.45) is 10.8 Å². The summed E-state index contributed by atoms with van der Waals surface area (Å²) in [6.07, 6.45) is 2.78. The lowest BCUT2D eigenvalue weighted by atomic mass is 10.3. The van der Waals surface area contributed by atoms with Crippen molar-refractivity contribution in [1.29, 1.82) is 0 Å². The Kier molecular flexibility index (Phi) is 3.66. The minimum absolute atomic E-state index is 0.285. The minimum atomic E-state index is 0.285. The first-order valence-electron chi connectivity index (χ1n) is 6.24. The Morgan fingerprint density at radius 2 is 1.88 bits per heavy atom. The summed E-state index contributed by atoms with van der Waals surface area (Å²) in [6.45, 7) is 8.49. The third-order valence-corrected chi connectivity index (χ3v) is 3.19. The third-order valence-electron chi connectivity index (χ3n) is 3.19. The van der Waals surface area contributed by atoms with Gasteiger partial charge in [-0.1, -0.05) is 0 Å². The topological polar surface area (TPSA) is 56.9 Å². The highest BCUT2D eigenvalue weighted by Crippen LogP contribution is 2.27. The Hall–Kier alpha value is -0.810. The second kappa shape index (κ2) is 5.01. The van der Waals surface area contributed by atoms with Crippen molar-refractivity contribution in [2.45, 2.75) is 38.8 Å². The largest absolute Gasteiger partial charge is 0.339 e. The van der Waals surface area contributed by atoms with Crippen LogP contribution in [0, 0.1) is 0 Å². The summed E-state index contributed by atoms with van der Waals surface area (Å²) in [5, 5.41) is 0. The monoisotopic (exact) mass is 225 g/mol. The van der Waals surface area contributed by atoms with Gasteiger partial charge in [0.25, 0.3) is 0 Å². The van der Waals surface area contributed by atoms with E-state index in [4.69, 9.17) is 5.84 Å². The molecule has 1 heterocycles. The molecule has 0 aromatic rings. The Balaban J connectivity index is 1.86. The van der Waals surface area contributed by atoms with Gasteiger partial charge in [0, 0.05) is 38.3 Å². The Morgan fingerprint density at radius 1 is 1.25 bits per heavy atom. The van der Waals surface area contributed by atoms with E-state index in [1.807, 2.05) is 0 Å². The molecule has 1 saturated carbocycles. The fourth-order valence-electron chi connectivity index (χ4n) is 2.19. The Morgan fingerprint density at radius 3 is 2.31 bits per heavy atom. The van der Waals surface area contributed by atoms with Gasteiger partial charge in [-0.3, -0.25) is 10.3 Å². The van der Waals surface area contributed by atoms with Gasteiger partial charge in [-0.15, -0.1) is 0 Å². The number of nitrogens with one attached hydrogen (secondary N) is 1. The molecule has 92 valence electrons. The van der Waals surface area contributed by atoms with Crippen LogP contribution < -0.4 is 11.3 Å². The highest BCUT2D eigenvalue weighted by molar-refractivity contribution is 5.79. The number of hydrogen-bond donors (Lipinski definition) is 2. The highest BCUT2D eigenvalue weighted by Gasteiger charge is 2.31. The second-order valence-electron chi connectivity index (χ2n) is 4.94. The summed E-state index contributed by atoms with van der Waals surface area (Å²) < 4.78 is 0.